The van der Waals surface area contributed by atoms with Gasteiger partial charge in [0.15, 0.2) is 0 Å². The molecular formula is C39H45N3O. The number of carbonyl (C=O) groups excluding carboxylic acids is 1. The Balaban J connectivity index is 0.00000102. The number of nitrogens with zero attached hydrogens (tertiary/aromatic N) is 3. The summed E-state index contributed by atoms with van der Waals surface area (Å²) in [5.74, 6) is 24.2. The first-order valence-electron chi connectivity index (χ1n) is 14.6. The lowest BCUT2D eigenvalue weighted by Gasteiger charge is -2.48. The fraction of sp³-hybridized carbons (Fsp3) is 0.359. The van der Waals surface area contributed by atoms with Crippen LogP contribution in [0.2, 0.25) is 0 Å². The Kier molecular flexibility index (Phi) is 16.1. The molecule has 2 saturated heterocycles. The molecule has 0 radical (unpaired) electrons. The molecule has 0 saturated carbocycles. The number of rotatable bonds is 4. The average Bonchev–Trinajstić information content (AvgIpc) is 3.04. The van der Waals surface area contributed by atoms with E-state index in [1.54, 1.807) is 20.8 Å². The van der Waals surface area contributed by atoms with Gasteiger partial charge in [-0.25, -0.2) is 0 Å². The molecule has 222 valence electrons. The molecule has 2 aliphatic rings. The minimum atomic E-state index is 0. The van der Waals surface area contributed by atoms with Crippen LogP contribution in [0.4, 0.5) is 0 Å². The summed E-state index contributed by atoms with van der Waals surface area (Å²) in [6.07, 6.45) is 11.8. The first-order chi connectivity index (χ1) is 21.0. The van der Waals surface area contributed by atoms with Gasteiger partial charge in [-0.1, -0.05) is 72.5 Å². The van der Waals surface area contributed by atoms with Crippen molar-refractivity contribution in [3.8, 4) is 72.1 Å². The summed E-state index contributed by atoms with van der Waals surface area (Å²) in [7, 11) is 0. The van der Waals surface area contributed by atoms with Crippen molar-refractivity contribution in [1.29, 1.82) is 0 Å². The minimum absolute atomic E-state index is 0. The maximum atomic E-state index is 11.6. The molecule has 1 amide bonds. The van der Waals surface area contributed by atoms with E-state index in [9.17, 15) is 4.79 Å². The molecule has 4 rings (SSSR count). The quantitative estimate of drug-likeness (QED) is 0.449. The number of hydrogen-bond donors (Lipinski definition) is 0. The molecule has 2 aromatic rings. The van der Waals surface area contributed by atoms with Gasteiger partial charge in [-0.3, -0.25) is 14.6 Å². The molecule has 2 aromatic carbocycles. The van der Waals surface area contributed by atoms with Crippen LogP contribution in [0.5, 0.6) is 0 Å². The second kappa shape index (κ2) is 20.1. The Labute approximate surface area is 263 Å². The third-order valence-electron chi connectivity index (χ3n) is 7.34. The minimum Gasteiger partial charge on any atom is -0.343 e. The number of hydrogen-bond acceptors (Lipinski definition) is 3. The highest BCUT2D eigenvalue weighted by Gasteiger charge is 2.34. The number of amides is 1. The van der Waals surface area contributed by atoms with Crippen LogP contribution < -0.4 is 0 Å². The van der Waals surface area contributed by atoms with Crippen molar-refractivity contribution < 1.29 is 7.65 Å². The first kappa shape index (κ1) is 34.4. The molecule has 0 bridgehead atoms. The maximum absolute atomic E-state index is 11.6. The van der Waals surface area contributed by atoms with Crippen LogP contribution >= 0.6 is 0 Å². The van der Waals surface area contributed by atoms with Crippen LogP contribution in [0.3, 0.4) is 0 Å². The van der Waals surface area contributed by atoms with Crippen molar-refractivity contribution in [2.45, 2.75) is 58.7 Å². The Morgan fingerprint density at radius 1 is 0.767 bits per heavy atom. The average molecular weight is 572 g/mol. The van der Waals surface area contributed by atoms with Crippen LogP contribution in [0.25, 0.3) is 0 Å². The molecule has 0 spiro atoms. The number of benzene rings is 2. The summed E-state index contributed by atoms with van der Waals surface area (Å²) in [6.45, 7) is 12.6. The number of carbonyl (C=O) groups is 1. The van der Waals surface area contributed by atoms with E-state index in [2.05, 4.69) is 137 Å². The van der Waals surface area contributed by atoms with Gasteiger partial charge in [0.2, 0.25) is 5.91 Å². The van der Waals surface area contributed by atoms with Crippen molar-refractivity contribution in [2.24, 2.45) is 0 Å². The first-order valence-corrected chi connectivity index (χ1v) is 14.6. The van der Waals surface area contributed by atoms with Crippen LogP contribution in [-0.2, 0) is 4.79 Å². The van der Waals surface area contributed by atoms with Gasteiger partial charge in [0.05, 0.1) is 6.04 Å². The summed E-state index contributed by atoms with van der Waals surface area (Å²) in [4.78, 5) is 19.0. The number of piperazine rings is 1. The molecule has 43 heavy (non-hydrogen) atoms. The summed E-state index contributed by atoms with van der Waals surface area (Å²) in [5, 5.41) is 0. The van der Waals surface area contributed by atoms with E-state index in [1.807, 2.05) is 4.90 Å². The van der Waals surface area contributed by atoms with Crippen molar-refractivity contribution >= 4 is 5.91 Å². The fourth-order valence-electron chi connectivity index (χ4n) is 5.37. The van der Waals surface area contributed by atoms with Gasteiger partial charge in [0.1, 0.15) is 0 Å². The van der Waals surface area contributed by atoms with Crippen LogP contribution in [0.1, 0.15) is 60.6 Å². The van der Waals surface area contributed by atoms with Gasteiger partial charge in [-0.15, -0.1) is 12.8 Å². The zero-order valence-corrected chi connectivity index (χ0v) is 25.9. The molecule has 0 unspecified atom stereocenters. The van der Waals surface area contributed by atoms with Gasteiger partial charge < -0.3 is 4.90 Å². The van der Waals surface area contributed by atoms with E-state index in [1.165, 1.54) is 11.1 Å². The standard InChI is InChI=1S/C25H33N3O.2C7H4.2H2/c1-20-19-27(24-13-15-26(16-14-24)21(2)29)17-18-28(20)25(22-9-5-3-6-10-22)23-11-7-4-8-12-23;2*1-3-5-7-6-4-2;;/h3-12,20,24-25H,13-19H2,1-2H3;2*1H,2H3;2*1H/t20-;;;;/m0..../s1. The third-order valence-corrected chi connectivity index (χ3v) is 7.34. The smallest absolute Gasteiger partial charge is 0.219 e. The molecule has 2 aliphatic heterocycles. The highest BCUT2D eigenvalue weighted by molar-refractivity contribution is 5.73. The highest BCUT2D eigenvalue weighted by Crippen LogP contribution is 2.32. The third kappa shape index (κ3) is 11.9. The lowest BCUT2D eigenvalue weighted by atomic mass is 9.94. The molecular weight excluding hydrogens is 526 g/mol. The van der Waals surface area contributed by atoms with E-state index in [0.29, 0.717) is 18.1 Å². The molecule has 0 N–H and O–H groups in total. The van der Waals surface area contributed by atoms with Crippen molar-refractivity contribution in [3.05, 3.63) is 71.8 Å². The molecule has 0 aromatic heterocycles. The van der Waals surface area contributed by atoms with Crippen LogP contribution in [0.15, 0.2) is 60.7 Å². The second-order valence-corrected chi connectivity index (χ2v) is 10.1. The predicted octanol–water partition coefficient (Wildman–Crippen LogP) is 5.58. The van der Waals surface area contributed by atoms with Crippen molar-refractivity contribution in [2.75, 3.05) is 32.7 Å². The Morgan fingerprint density at radius 3 is 1.65 bits per heavy atom. The van der Waals surface area contributed by atoms with Crippen LogP contribution in [-0.4, -0.2) is 65.4 Å². The highest BCUT2D eigenvalue weighted by atomic mass is 16.2. The molecule has 0 aliphatic carbocycles. The normalized spacial score (nSPS) is 16.1. The zero-order valence-electron chi connectivity index (χ0n) is 25.9. The lowest BCUT2D eigenvalue weighted by molar-refractivity contribution is -0.130. The predicted molar refractivity (Wildman–Crippen MR) is 182 cm³/mol. The van der Waals surface area contributed by atoms with E-state index >= 15 is 0 Å². The van der Waals surface area contributed by atoms with Gasteiger partial charge in [-0.2, -0.15) is 0 Å². The molecule has 2 heterocycles. The molecule has 4 nitrogen and oxygen atoms in total. The van der Waals surface area contributed by atoms with Gasteiger partial charge in [-0.05, 0) is 92.1 Å². The second-order valence-electron chi connectivity index (χ2n) is 10.1. The zero-order chi connectivity index (χ0) is 31.3. The Morgan fingerprint density at radius 2 is 1.26 bits per heavy atom. The van der Waals surface area contributed by atoms with E-state index in [4.69, 9.17) is 12.8 Å². The molecule has 1 atom stereocenters. The van der Waals surface area contributed by atoms with Crippen molar-refractivity contribution in [1.82, 2.24) is 14.7 Å². The topological polar surface area (TPSA) is 26.8 Å². The lowest BCUT2D eigenvalue weighted by Crippen LogP contribution is -2.57. The van der Waals surface area contributed by atoms with E-state index in [0.717, 1.165) is 45.6 Å². The summed E-state index contributed by atoms with van der Waals surface area (Å²) in [5.41, 5.74) is 2.74. The van der Waals surface area contributed by atoms with E-state index in [-0.39, 0.29) is 8.76 Å². The maximum Gasteiger partial charge on any atom is 0.219 e. The Bertz CT molecular complexity index is 1400. The monoisotopic (exact) mass is 571 g/mol. The summed E-state index contributed by atoms with van der Waals surface area (Å²) in [6, 6.07) is 23.2. The summed E-state index contributed by atoms with van der Waals surface area (Å²) >= 11 is 0. The van der Waals surface area contributed by atoms with Gasteiger partial charge >= 0.3 is 0 Å². The molecule has 2 fully saturated rings. The van der Waals surface area contributed by atoms with Crippen molar-refractivity contribution in [3.63, 3.8) is 0 Å². The van der Waals surface area contributed by atoms with Gasteiger partial charge in [0.25, 0.3) is 0 Å². The molecule has 4 heteroatoms. The van der Waals surface area contributed by atoms with E-state index < -0.39 is 0 Å². The number of terminal acetylenes is 2. The largest absolute Gasteiger partial charge is 0.343 e. The number of likely N-dealkylation sites (tertiary alicyclic amines) is 1. The van der Waals surface area contributed by atoms with Gasteiger partial charge in [0, 0.05) is 54.6 Å². The fourth-order valence-corrected chi connectivity index (χ4v) is 5.37. The van der Waals surface area contributed by atoms with Crippen LogP contribution in [0, 0.1) is 72.1 Å². The SMILES string of the molecule is C#CC#CC#CC.C#CC#CC#CC.CC(=O)N1CCC(N2CCN(C(c3ccccc3)c3ccccc3)[C@@H](C)C2)CC1.[HH].[HH]. The summed E-state index contributed by atoms with van der Waals surface area (Å²) < 4.78 is 0. The number of piperidine rings is 1. The Hall–Kier alpha value is -4.81.